The lowest BCUT2D eigenvalue weighted by Gasteiger charge is -2.15. The molecule has 6 nitrogen and oxygen atoms in total. The van der Waals surface area contributed by atoms with Crippen molar-refractivity contribution < 1.29 is 13.9 Å². The molecule has 0 saturated carbocycles. The molecule has 0 radical (unpaired) electrons. The van der Waals surface area contributed by atoms with Crippen LogP contribution >= 0.6 is 15.9 Å². The van der Waals surface area contributed by atoms with Crippen LogP contribution in [0.5, 0.6) is 5.75 Å². The number of rotatable bonds is 5. The average Bonchev–Trinajstić information content (AvgIpc) is 2.90. The summed E-state index contributed by atoms with van der Waals surface area (Å²) in [5.41, 5.74) is 1.99. The lowest BCUT2D eigenvalue weighted by molar-refractivity contribution is -0.122. The molecule has 0 aliphatic heterocycles. The first-order chi connectivity index (χ1) is 12.0. The number of carbonyl (C=O) groups is 1. The highest BCUT2D eigenvalue weighted by molar-refractivity contribution is 9.10. The first-order valence-electron chi connectivity index (χ1n) is 7.70. The van der Waals surface area contributed by atoms with Gasteiger partial charge in [0.1, 0.15) is 12.3 Å². The summed E-state index contributed by atoms with van der Waals surface area (Å²) >= 11 is 3.43. The van der Waals surface area contributed by atoms with Crippen LogP contribution in [-0.2, 0) is 11.3 Å². The van der Waals surface area contributed by atoms with E-state index in [1.54, 1.807) is 31.4 Å². The second kappa shape index (κ2) is 7.14. The van der Waals surface area contributed by atoms with Gasteiger partial charge >= 0.3 is 5.76 Å². The van der Waals surface area contributed by atoms with Gasteiger partial charge in [0.05, 0.1) is 23.1 Å². The van der Waals surface area contributed by atoms with E-state index < -0.39 is 5.76 Å². The van der Waals surface area contributed by atoms with Crippen molar-refractivity contribution in [2.45, 2.75) is 19.5 Å². The molecule has 25 heavy (non-hydrogen) atoms. The maximum absolute atomic E-state index is 12.3. The zero-order valence-electron chi connectivity index (χ0n) is 13.8. The average molecular weight is 405 g/mol. The molecule has 1 aromatic heterocycles. The molecule has 3 aromatic rings. The summed E-state index contributed by atoms with van der Waals surface area (Å²) in [6.45, 7) is 1.78. The predicted octanol–water partition coefficient (Wildman–Crippen LogP) is 3.24. The third-order valence-electron chi connectivity index (χ3n) is 3.93. The minimum atomic E-state index is -0.545. The topological polar surface area (TPSA) is 73.5 Å². The number of hydrogen-bond donors (Lipinski definition) is 1. The van der Waals surface area contributed by atoms with Crippen molar-refractivity contribution in [2.75, 3.05) is 7.11 Å². The maximum Gasteiger partial charge on any atom is 0.420 e. The van der Waals surface area contributed by atoms with E-state index in [0.717, 1.165) is 15.8 Å². The van der Waals surface area contributed by atoms with Crippen LogP contribution in [0.2, 0.25) is 0 Å². The predicted molar refractivity (Wildman–Crippen MR) is 97.7 cm³/mol. The third kappa shape index (κ3) is 3.61. The first kappa shape index (κ1) is 17.3. The van der Waals surface area contributed by atoms with Gasteiger partial charge < -0.3 is 14.5 Å². The number of benzene rings is 2. The fourth-order valence-electron chi connectivity index (χ4n) is 2.63. The Hall–Kier alpha value is -2.54. The minimum Gasteiger partial charge on any atom is -0.496 e. The second-order valence-electron chi connectivity index (χ2n) is 5.61. The molecule has 1 heterocycles. The summed E-state index contributed by atoms with van der Waals surface area (Å²) in [6.07, 6.45) is 0. The molecular weight excluding hydrogens is 388 g/mol. The highest BCUT2D eigenvalue weighted by Crippen LogP contribution is 2.28. The molecular formula is C18H17BrN2O4. The van der Waals surface area contributed by atoms with Crippen molar-refractivity contribution in [3.05, 3.63) is 63.1 Å². The van der Waals surface area contributed by atoms with Crippen LogP contribution in [0.3, 0.4) is 0 Å². The van der Waals surface area contributed by atoms with Gasteiger partial charge in [0.2, 0.25) is 5.91 Å². The Labute approximate surface area is 152 Å². The molecule has 0 bridgehead atoms. The van der Waals surface area contributed by atoms with E-state index in [2.05, 4.69) is 21.2 Å². The molecule has 130 valence electrons. The highest BCUT2D eigenvalue weighted by atomic mass is 79.9. The van der Waals surface area contributed by atoms with E-state index in [4.69, 9.17) is 9.15 Å². The minimum absolute atomic E-state index is 0.0997. The van der Waals surface area contributed by atoms with Crippen molar-refractivity contribution in [2.24, 2.45) is 0 Å². The van der Waals surface area contributed by atoms with Gasteiger partial charge in [-0.2, -0.15) is 0 Å². The number of carbonyl (C=O) groups excluding carboxylic acids is 1. The normalized spacial score (nSPS) is 12.1. The Morgan fingerprint density at radius 3 is 2.80 bits per heavy atom. The first-order valence-corrected chi connectivity index (χ1v) is 8.50. The van der Waals surface area contributed by atoms with Crippen molar-refractivity contribution in [3.8, 4) is 5.75 Å². The number of ether oxygens (including phenoxy) is 1. The smallest absolute Gasteiger partial charge is 0.420 e. The molecule has 1 unspecified atom stereocenters. The van der Waals surface area contributed by atoms with E-state index >= 15 is 0 Å². The van der Waals surface area contributed by atoms with Gasteiger partial charge in [0.15, 0.2) is 5.58 Å². The van der Waals surface area contributed by atoms with Crippen molar-refractivity contribution in [1.82, 2.24) is 9.88 Å². The number of aromatic nitrogens is 1. The zero-order valence-corrected chi connectivity index (χ0v) is 15.4. The summed E-state index contributed by atoms with van der Waals surface area (Å²) in [4.78, 5) is 24.3. The fourth-order valence-corrected chi connectivity index (χ4v) is 3.19. The number of nitrogens with one attached hydrogen (secondary N) is 1. The van der Waals surface area contributed by atoms with Gasteiger partial charge in [0.25, 0.3) is 0 Å². The van der Waals surface area contributed by atoms with E-state index in [0.29, 0.717) is 11.1 Å². The number of oxazole rings is 1. The van der Waals surface area contributed by atoms with Crippen LogP contribution in [0.1, 0.15) is 18.5 Å². The fraction of sp³-hybridized carbons (Fsp3) is 0.222. The number of fused-ring (bicyclic) bond motifs is 1. The molecule has 3 rings (SSSR count). The molecule has 1 N–H and O–H groups in total. The molecule has 1 atom stereocenters. The molecule has 7 heteroatoms. The zero-order chi connectivity index (χ0) is 18.0. The number of hydrogen-bond acceptors (Lipinski definition) is 4. The Balaban J connectivity index is 1.74. The van der Waals surface area contributed by atoms with Gasteiger partial charge in [-0.1, -0.05) is 18.2 Å². The Morgan fingerprint density at radius 1 is 1.32 bits per heavy atom. The Bertz CT molecular complexity index is 977. The number of para-hydroxylation sites is 2. The molecule has 0 fully saturated rings. The van der Waals surface area contributed by atoms with Crippen LogP contribution < -0.4 is 15.8 Å². The number of halogens is 1. The van der Waals surface area contributed by atoms with Crippen molar-refractivity contribution in [1.29, 1.82) is 0 Å². The number of nitrogens with zero attached hydrogens (tertiary/aromatic N) is 1. The lowest BCUT2D eigenvalue weighted by atomic mass is 10.1. The quantitative estimate of drug-likeness (QED) is 0.708. The Morgan fingerprint density at radius 2 is 2.08 bits per heavy atom. The Kier molecular flexibility index (Phi) is 4.94. The summed E-state index contributed by atoms with van der Waals surface area (Å²) < 4.78 is 12.5. The largest absolute Gasteiger partial charge is 0.496 e. The van der Waals surface area contributed by atoms with Crippen molar-refractivity contribution in [3.63, 3.8) is 0 Å². The van der Waals surface area contributed by atoms with Gasteiger partial charge in [0, 0.05) is 0 Å². The van der Waals surface area contributed by atoms with Gasteiger partial charge in [-0.3, -0.25) is 9.36 Å². The van der Waals surface area contributed by atoms with E-state index in [1.165, 1.54) is 4.57 Å². The van der Waals surface area contributed by atoms with Crippen LogP contribution in [0.25, 0.3) is 11.1 Å². The highest BCUT2D eigenvalue weighted by Gasteiger charge is 2.15. The van der Waals surface area contributed by atoms with Crippen LogP contribution in [-0.4, -0.2) is 17.6 Å². The van der Waals surface area contributed by atoms with Crippen LogP contribution in [0, 0.1) is 0 Å². The van der Waals surface area contributed by atoms with Crippen LogP contribution in [0.4, 0.5) is 0 Å². The maximum atomic E-state index is 12.3. The molecule has 1 amide bonds. The molecule has 0 spiro atoms. The second-order valence-corrected chi connectivity index (χ2v) is 6.46. The monoisotopic (exact) mass is 404 g/mol. The number of methoxy groups -OCH3 is 1. The standard InChI is InChI=1S/C18H17BrN2O4/c1-11(12-7-8-15(24-2)13(19)9-12)20-17(22)10-21-14-5-3-4-6-16(14)25-18(21)23/h3-9,11H,10H2,1-2H3,(H,20,22). The van der Waals surface area contributed by atoms with E-state index in [9.17, 15) is 9.59 Å². The summed E-state index contributed by atoms with van der Waals surface area (Å²) in [5.74, 6) is -0.0945. The molecule has 0 aliphatic carbocycles. The van der Waals surface area contributed by atoms with E-state index in [1.807, 2.05) is 25.1 Å². The van der Waals surface area contributed by atoms with E-state index in [-0.39, 0.29) is 18.5 Å². The summed E-state index contributed by atoms with van der Waals surface area (Å²) in [7, 11) is 1.60. The summed E-state index contributed by atoms with van der Waals surface area (Å²) in [5, 5.41) is 2.89. The van der Waals surface area contributed by atoms with Crippen molar-refractivity contribution >= 4 is 32.9 Å². The molecule has 0 aliphatic rings. The van der Waals surface area contributed by atoms with Crippen LogP contribution in [0.15, 0.2) is 56.1 Å². The van der Waals surface area contributed by atoms with Gasteiger partial charge in [-0.05, 0) is 52.7 Å². The molecule has 2 aromatic carbocycles. The van der Waals surface area contributed by atoms with Gasteiger partial charge in [-0.25, -0.2) is 4.79 Å². The molecule has 0 saturated heterocycles. The lowest BCUT2D eigenvalue weighted by Crippen LogP contribution is -2.32. The third-order valence-corrected chi connectivity index (χ3v) is 4.55. The number of amides is 1. The van der Waals surface area contributed by atoms with Gasteiger partial charge in [-0.15, -0.1) is 0 Å². The SMILES string of the molecule is COc1ccc(C(C)NC(=O)Cn2c(=O)oc3ccccc32)cc1Br. The summed E-state index contributed by atoms with van der Waals surface area (Å²) in [6, 6.07) is 12.4.